The minimum atomic E-state index is -0.231. The van der Waals surface area contributed by atoms with E-state index < -0.39 is 0 Å². The lowest BCUT2D eigenvalue weighted by Crippen LogP contribution is -2.22. The maximum atomic E-state index is 13.2. The third kappa shape index (κ3) is 3.42. The van der Waals surface area contributed by atoms with Crippen molar-refractivity contribution in [2.75, 3.05) is 12.4 Å². The second-order valence-corrected chi connectivity index (χ2v) is 6.89. The van der Waals surface area contributed by atoms with Crippen molar-refractivity contribution in [2.24, 2.45) is 0 Å². The molecule has 0 radical (unpaired) electrons. The molecule has 28 heavy (non-hydrogen) atoms. The number of aromatic nitrogens is 2. The number of rotatable bonds is 4. The summed E-state index contributed by atoms with van der Waals surface area (Å²) in [6, 6.07) is 19.5. The van der Waals surface area contributed by atoms with Gasteiger partial charge in [0.25, 0.3) is 5.56 Å². The molecule has 0 bridgehead atoms. The van der Waals surface area contributed by atoms with Gasteiger partial charge in [-0.05, 0) is 42.5 Å². The number of ether oxygens (including phenoxy) is 1. The van der Waals surface area contributed by atoms with Crippen LogP contribution < -0.4 is 15.6 Å². The maximum Gasteiger partial charge on any atom is 0.267 e. The Hall–Kier alpha value is -3.02. The quantitative estimate of drug-likeness (QED) is 0.485. The van der Waals surface area contributed by atoms with Gasteiger partial charge in [0.2, 0.25) is 5.95 Å². The van der Waals surface area contributed by atoms with E-state index in [1.165, 1.54) is 4.57 Å². The van der Waals surface area contributed by atoms with Crippen molar-refractivity contribution in [3.8, 4) is 11.4 Å². The number of nitrogens with one attached hydrogen (secondary N) is 1. The predicted molar refractivity (Wildman–Crippen MR) is 114 cm³/mol. The van der Waals surface area contributed by atoms with Crippen molar-refractivity contribution >= 4 is 45.7 Å². The molecule has 4 aromatic rings. The van der Waals surface area contributed by atoms with Gasteiger partial charge in [-0.1, -0.05) is 41.4 Å². The van der Waals surface area contributed by atoms with Crippen molar-refractivity contribution in [1.29, 1.82) is 0 Å². The predicted octanol–water partition coefficient (Wildman–Crippen LogP) is 5.44. The van der Waals surface area contributed by atoms with Crippen LogP contribution >= 0.6 is 23.2 Å². The van der Waals surface area contributed by atoms with E-state index in [2.05, 4.69) is 10.3 Å². The van der Waals surface area contributed by atoms with Crippen LogP contribution in [0.4, 0.5) is 11.6 Å². The van der Waals surface area contributed by atoms with Gasteiger partial charge in [0.1, 0.15) is 5.75 Å². The topological polar surface area (TPSA) is 56.1 Å². The molecule has 1 aromatic heterocycles. The second-order valence-electron chi connectivity index (χ2n) is 6.04. The van der Waals surface area contributed by atoms with Crippen LogP contribution in [0.5, 0.6) is 5.75 Å². The van der Waals surface area contributed by atoms with Crippen LogP contribution in [-0.4, -0.2) is 16.7 Å². The van der Waals surface area contributed by atoms with E-state index in [0.717, 1.165) is 0 Å². The number of halogens is 2. The Kier molecular flexibility index (Phi) is 4.94. The summed E-state index contributed by atoms with van der Waals surface area (Å²) in [6.45, 7) is 0. The fourth-order valence-corrected chi connectivity index (χ4v) is 3.29. The zero-order chi connectivity index (χ0) is 19.7. The van der Waals surface area contributed by atoms with E-state index >= 15 is 0 Å². The molecule has 0 aliphatic heterocycles. The van der Waals surface area contributed by atoms with Gasteiger partial charge in [-0.25, -0.2) is 9.55 Å². The number of anilines is 2. The molecule has 0 spiro atoms. The first-order chi connectivity index (χ1) is 13.6. The molecule has 0 atom stereocenters. The van der Waals surface area contributed by atoms with Gasteiger partial charge in [-0.2, -0.15) is 0 Å². The Balaban J connectivity index is 1.94. The first-order valence-electron chi connectivity index (χ1n) is 8.45. The number of fused-ring (bicyclic) bond motifs is 1. The van der Waals surface area contributed by atoms with Crippen LogP contribution in [0.15, 0.2) is 71.5 Å². The number of nitrogens with zero attached hydrogens (tertiary/aromatic N) is 2. The molecule has 7 heteroatoms. The average Bonchev–Trinajstić information content (AvgIpc) is 2.71. The van der Waals surface area contributed by atoms with Crippen molar-refractivity contribution in [3.05, 3.63) is 87.1 Å². The van der Waals surface area contributed by atoms with E-state index in [0.29, 0.717) is 44.0 Å². The van der Waals surface area contributed by atoms with Crippen LogP contribution in [0.2, 0.25) is 10.0 Å². The Morgan fingerprint density at radius 3 is 2.50 bits per heavy atom. The van der Waals surface area contributed by atoms with Crippen LogP contribution in [0.25, 0.3) is 16.6 Å². The third-order valence-corrected chi connectivity index (χ3v) is 4.82. The molecule has 0 saturated heterocycles. The molecule has 1 heterocycles. The maximum absolute atomic E-state index is 13.2. The number of hydrogen-bond acceptors (Lipinski definition) is 4. The Labute approximate surface area is 171 Å². The lowest BCUT2D eigenvalue weighted by atomic mass is 10.2. The molecule has 1 N–H and O–H groups in total. The molecule has 0 amide bonds. The number of methoxy groups -OCH3 is 1. The summed E-state index contributed by atoms with van der Waals surface area (Å²) in [7, 11) is 1.57. The zero-order valence-electron chi connectivity index (χ0n) is 14.8. The van der Waals surface area contributed by atoms with E-state index in [4.69, 9.17) is 27.9 Å². The van der Waals surface area contributed by atoms with Crippen LogP contribution in [0, 0.1) is 0 Å². The molecule has 0 unspecified atom stereocenters. The summed E-state index contributed by atoms with van der Waals surface area (Å²) in [5, 5.41) is 4.53. The first kappa shape index (κ1) is 18.3. The van der Waals surface area contributed by atoms with Crippen LogP contribution in [-0.2, 0) is 0 Å². The lowest BCUT2D eigenvalue weighted by molar-refractivity contribution is 0.415. The molecular weight excluding hydrogens is 397 g/mol. The molecule has 3 aromatic carbocycles. The fraction of sp³-hybridized carbons (Fsp3) is 0.0476. The molecule has 4 rings (SSSR count). The van der Waals surface area contributed by atoms with E-state index in [9.17, 15) is 4.79 Å². The van der Waals surface area contributed by atoms with Gasteiger partial charge in [0.15, 0.2) is 0 Å². The van der Waals surface area contributed by atoms with E-state index in [1.54, 1.807) is 43.5 Å². The van der Waals surface area contributed by atoms with Gasteiger partial charge < -0.3 is 10.1 Å². The van der Waals surface area contributed by atoms with E-state index in [1.807, 2.05) is 30.3 Å². The largest absolute Gasteiger partial charge is 0.497 e. The summed E-state index contributed by atoms with van der Waals surface area (Å²) < 4.78 is 6.68. The monoisotopic (exact) mass is 411 g/mol. The highest BCUT2D eigenvalue weighted by atomic mass is 35.5. The third-order valence-electron chi connectivity index (χ3n) is 4.27. The summed E-state index contributed by atoms with van der Waals surface area (Å²) in [5.41, 5.74) is 1.58. The van der Waals surface area contributed by atoms with Crippen molar-refractivity contribution in [2.45, 2.75) is 0 Å². The molecule has 5 nitrogen and oxygen atoms in total. The SMILES string of the molecule is COc1ccc(Nc2nc3ccc(Cl)cc3c(=O)n2-c2ccccc2)c(Cl)c1. The smallest absolute Gasteiger partial charge is 0.267 e. The van der Waals surface area contributed by atoms with Crippen LogP contribution in [0.3, 0.4) is 0 Å². The first-order valence-corrected chi connectivity index (χ1v) is 9.21. The van der Waals surface area contributed by atoms with Crippen LogP contribution in [0.1, 0.15) is 0 Å². The minimum absolute atomic E-state index is 0.231. The molecular formula is C21H15Cl2N3O2. The normalized spacial score (nSPS) is 10.8. The Morgan fingerprint density at radius 2 is 1.79 bits per heavy atom. The van der Waals surface area contributed by atoms with Crippen molar-refractivity contribution < 1.29 is 4.74 Å². The van der Waals surface area contributed by atoms with Gasteiger partial charge in [0.05, 0.1) is 34.4 Å². The van der Waals surface area contributed by atoms with Crippen molar-refractivity contribution in [3.63, 3.8) is 0 Å². The molecule has 0 fully saturated rings. The zero-order valence-corrected chi connectivity index (χ0v) is 16.3. The number of hydrogen-bond donors (Lipinski definition) is 1. The highest BCUT2D eigenvalue weighted by Crippen LogP contribution is 2.29. The summed E-state index contributed by atoms with van der Waals surface area (Å²) in [6.07, 6.45) is 0. The molecule has 140 valence electrons. The Bertz CT molecular complexity index is 1220. The number of benzene rings is 3. The van der Waals surface area contributed by atoms with Gasteiger partial charge in [-0.3, -0.25) is 4.79 Å². The summed E-state index contributed by atoms with van der Waals surface area (Å²) >= 11 is 12.4. The number of para-hydroxylation sites is 1. The standard InChI is InChI=1S/C21H15Cl2N3O2/c1-28-15-8-10-19(17(23)12-15)25-21-24-18-9-7-13(22)11-16(18)20(27)26(21)14-5-3-2-4-6-14/h2-12H,1H3,(H,24,25). The lowest BCUT2D eigenvalue weighted by Gasteiger charge is -2.16. The van der Waals surface area contributed by atoms with Crippen molar-refractivity contribution in [1.82, 2.24) is 9.55 Å². The van der Waals surface area contributed by atoms with Gasteiger partial charge >= 0.3 is 0 Å². The second kappa shape index (κ2) is 7.54. The molecule has 0 aliphatic carbocycles. The average molecular weight is 412 g/mol. The fourth-order valence-electron chi connectivity index (χ4n) is 2.90. The highest BCUT2D eigenvalue weighted by molar-refractivity contribution is 6.33. The summed E-state index contributed by atoms with van der Waals surface area (Å²) in [4.78, 5) is 17.9. The van der Waals surface area contributed by atoms with Gasteiger partial charge in [0, 0.05) is 11.1 Å². The molecule has 0 saturated carbocycles. The van der Waals surface area contributed by atoms with E-state index in [-0.39, 0.29) is 5.56 Å². The summed E-state index contributed by atoms with van der Waals surface area (Å²) in [5.74, 6) is 0.982. The highest BCUT2D eigenvalue weighted by Gasteiger charge is 2.14. The van der Waals surface area contributed by atoms with Gasteiger partial charge in [-0.15, -0.1) is 0 Å². The minimum Gasteiger partial charge on any atom is -0.497 e. The Morgan fingerprint density at radius 1 is 1.00 bits per heavy atom. The molecule has 0 aliphatic rings.